The first-order valence-corrected chi connectivity index (χ1v) is 12.4. The zero-order valence-electron chi connectivity index (χ0n) is 14.8. The molecule has 4 rings (SSSR count). The van der Waals surface area contributed by atoms with Crippen LogP contribution >= 0.6 is 11.3 Å². The fraction of sp³-hybridized carbons (Fsp3) is 0.158. The van der Waals surface area contributed by atoms with Crippen LogP contribution in [0, 0.1) is 0 Å². The fourth-order valence-corrected chi connectivity index (χ4v) is 6.65. The molecule has 28 heavy (non-hydrogen) atoms. The van der Waals surface area contributed by atoms with Gasteiger partial charge in [0.1, 0.15) is 4.21 Å². The van der Waals surface area contributed by atoms with Crippen molar-refractivity contribution in [1.82, 2.24) is 4.31 Å². The molecular weight excluding hydrogens is 416 g/mol. The van der Waals surface area contributed by atoms with Gasteiger partial charge < -0.3 is 0 Å². The van der Waals surface area contributed by atoms with Crippen molar-refractivity contribution < 1.29 is 16.8 Å². The van der Waals surface area contributed by atoms with Crippen LogP contribution in [0.15, 0.2) is 75.1 Å². The van der Waals surface area contributed by atoms with Crippen molar-refractivity contribution in [2.45, 2.75) is 22.1 Å². The van der Waals surface area contributed by atoms with Gasteiger partial charge in [0.25, 0.3) is 10.0 Å². The quantitative estimate of drug-likeness (QED) is 0.668. The Labute approximate surface area is 168 Å². The molecule has 0 saturated heterocycles. The third-order valence-electron chi connectivity index (χ3n) is 4.58. The molecule has 3 aromatic rings. The third-order valence-corrected chi connectivity index (χ3v) is 9.21. The van der Waals surface area contributed by atoms with Gasteiger partial charge in [0.2, 0.25) is 10.0 Å². The van der Waals surface area contributed by atoms with E-state index < -0.39 is 20.0 Å². The summed E-state index contributed by atoms with van der Waals surface area (Å²) in [6.45, 7) is 0.603. The van der Waals surface area contributed by atoms with Crippen molar-refractivity contribution in [3.8, 4) is 0 Å². The van der Waals surface area contributed by atoms with Crippen molar-refractivity contribution in [3.63, 3.8) is 0 Å². The average molecular weight is 435 g/mol. The molecule has 0 aliphatic carbocycles. The lowest BCUT2D eigenvalue weighted by Gasteiger charge is -2.28. The molecule has 1 aromatic heterocycles. The first-order valence-electron chi connectivity index (χ1n) is 8.60. The predicted molar refractivity (Wildman–Crippen MR) is 109 cm³/mol. The summed E-state index contributed by atoms with van der Waals surface area (Å²) < 4.78 is 54.9. The monoisotopic (exact) mass is 434 g/mol. The van der Waals surface area contributed by atoms with E-state index in [1.165, 1.54) is 4.31 Å². The van der Waals surface area contributed by atoms with Gasteiger partial charge in [-0.3, -0.25) is 4.72 Å². The minimum absolute atomic E-state index is 0.209. The number of hydrogen-bond donors (Lipinski definition) is 1. The Kier molecular flexibility index (Phi) is 5.00. The molecule has 2 heterocycles. The molecule has 0 bridgehead atoms. The molecule has 0 amide bonds. The maximum Gasteiger partial charge on any atom is 0.271 e. The highest BCUT2D eigenvalue weighted by Gasteiger charge is 2.28. The summed E-state index contributed by atoms with van der Waals surface area (Å²) in [7, 11) is -7.24. The largest absolute Gasteiger partial charge is 0.279 e. The molecule has 0 saturated carbocycles. The highest BCUT2D eigenvalue weighted by atomic mass is 32.2. The fourth-order valence-electron chi connectivity index (χ4n) is 3.16. The molecule has 1 N–H and O–H groups in total. The Bertz CT molecular complexity index is 1190. The minimum Gasteiger partial charge on any atom is -0.279 e. The van der Waals surface area contributed by atoms with Gasteiger partial charge in [-0.2, -0.15) is 4.31 Å². The Morgan fingerprint density at radius 3 is 2.39 bits per heavy atom. The van der Waals surface area contributed by atoms with E-state index in [9.17, 15) is 16.8 Å². The Hall–Kier alpha value is -2.20. The summed E-state index contributed by atoms with van der Waals surface area (Å²) in [4.78, 5) is 0.257. The van der Waals surface area contributed by atoms with E-state index in [4.69, 9.17) is 0 Å². The maximum atomic E-state index is 12.9. The van der Waals surface area contributed by atoms with Crippen LogP contribution in [0.1, 0.15) is 11.1 Å². The number of sulfonamides is 2. The number of benzene rings is 2. The third kappa shape index (κ3) is 3.70. The van der Waals surface area contributed by atoms with Gasteiger partial charge in [-0.15, -0.1) is 11.3 Å². The van der Waals surface area contributed by atoms with Gasteiger partial charge in [-0.05, 0) is 53.3 Å². The van der Waals surface area contributed by atoms with Crippen LogP contribution < -0.4 is 4.72 Å². The molecule has 0 unspecified atom stereocenters. The molecule has 0 spiro atoms. The topological polar surface area (TPSA) is 83.6 Å². The van der Waals surface area contributed by atoms with Crippen molar-refractivity contribution >= 4 is 37.1 Å². The van der Waals surface area contributed by atoms with E-state index >= 15 is 0 Å². The summed E-state index contributed by atoms with van der Waals surface area (Å²) in [5.74, 6) is 0. The summed E-state index contributed by atoms with van der Waals surface area (Å²) in [5.41, 5.74) is 2.25. The molecule has 6 nitrogen and oxygen atoms in total. The molecule has 0 fully saturated rings. The SMILES string of the molecule is O=S(=O)(Nc1ccc2c(c1)CN(S(=O)(=O)c1ccccc1)CC2)c1cccs1. The van der Waals surface area contributed by atoms with Gasteiger partial charge in [0, 0.05) is 18.8 Å². The Balaban J connectivity index is 1.60. The molecular formula is C19H18N2O4S3. The van der Waals surface area contributed by atoms with Gasteiger partial charge in [0.15, 0.2) is 0 Å². The molecule has 0 radical (unpaired) electrons. The molecule has 9 heteroatoms. The summed E-state index contributed by atoms with van der Waals surface area (Å²) in [6, 6.07) is 16.8. The zero-order valence-corrected chi connectivity index (χ0v) is 17.2. The molecule has 0 atom stereocenters. The molecule has 1 aliphatic heterocycles. The predicted octanol–water partition coefficient (Wildman–Crippen LogP) is 3.30. The summed E-state index contributed by atoms with van der Waals surface area (Å²) in [6.07, 6.45) is 0.583. The molecule has 146 valence electrons. The van der Waals surface area contributed by atoms with Gasteiger partial charge in [-0.25, -0.2) is 16.8 Å². The Morgan fingerprint density at radius 2 is 1.68 bits per heavy atom. The number of hydrogen-bond acceptors (Lipinski definition) is 5. The van der Waals surface area contributed by atoms with E-state index in [-0.39, 0.29) is 15.6 Å². The second-order valence-corrected chi connectivity index (χ2v) is 11.2. The smallest absolute Gasteiger partial charge is 0.271 e. The number of fused-ring (bicyclic) bond motifs is 1. The molecule has 1 aliphatic rings. The molecule has 2 aromatic carbocycles. The van der Waals surface area contributed by atoms with E-state index in [0.717, 1.165) is 22.5 Å². The van der Waals surface area contributed by atoms with Gasteiger partial charge in [-0.1, -0.05) is 30.3 Å². The highest BCUT2D eigenvalue weighted by molar-refractivity contribution is 7.94. The summed E-state index contributed by atoms with van der Waals surface area (Å²) >= 11 is 1.14. The van der Waals surface area contributed by atoms with Gasteiger partial charge >= 0.3 is 0 Å². The van der Waals surface area contributed by atoms with Crippen molar-refractivity contribution in [1.29, 1.82) is 0 Å². The van der Waals surface area contributed by atoms with E-state index in [1.54, 1.807) is 60.0 Å². The van der Waals surface area contributed by atoms with Crippen LogP contribution in [-0.2, 0) is 33.0 Å². The van der Waals surface area contributed by atoms with Crippen molar-refractivity contribution in [2.24, 2.45) is 0 Å². The number of nitrogens with zero attached hydrogens (tertiary/aromatic N) is 1. The van der Waals surface area contributed by atoms with Gasteiger partial charge in [0.05, 0.1) is 4.90 Å². The van der Waals surface area contributed by atoms with Crippen molar-refractivity contribution in [3.05, 3.63) is 77.2 Å². The van der Waals surface area contributed by atoms with Crippen LogP contribution in [0.5, 0.6) is 0 Å². The van der Waals surface area contributed by atoms with Crippen LogP contribution in [0.4, 0.5) is 5.69 Å². The van der Waals surface area contributed by atoms with Crippen LogP contribution in [0.25, 0.3) is 0 Å². The standard InChI is InChI=1S/C19H18N2O4S3/c22-27(23,19-7-4-12-26-19)20-17-9-8-15-10-11-21(14-16(15)13-17)28(24,25)18-5-2-1-3-6-18/h1-9,12-13,20H,10-11,14H2. The first-order chi connectivity index (χ1) is 13.4. The van der Waals surface area contributed by atoms with E-state index in [1.807, 2.05) is 6.07 Å². The maximum absolute atomic E-state index is 12.9. The number of rotatable bonds is 5. The van der Waals surface area contributed by atoms with E-state index in [2.05, 4.69) is 4.72 Å². The number of anilines is 1. The van der Waals surface area contributed by atoms with Crippen LogP contribution in [0.3, 0.4) is 0 Å². The zero-order chi connectivity index (χ0) is 19.8. The average Bonchev–Trinajstić information content (AvgIpc) is 3.24. The minimum atomic E-state index is -3.64. The van der Waals surface area contributed by atoms with Crippen LogP contribution in [0.2, 0.25) is 0 Å². The van der Waals surface area contributed by atoms with Crippen LogP contribution in [-0.4, -0.2) is 27.7 Å². The second-order valence-electron chi connectivity index (χ2n) is 6.42. The number of nitrogens with one attached hydrogen (secondary N) is 1. The lowest BCUT2D eigenvalue weighted by Crippen LogP contribution is -2.36. The number of thiophene rings is 1. The second kappa shape index (κ2) is 7.32. The highest BCUT2D eigenvalue weighted by Crippen LogP contribution is 2.28. The van der Waals surface area contributed by atoms with Crippen molar-refractivity contribution in [2.75, 3.05) is 11.3 Å². The lowest BCUT2D eigenvalue weighted by atomic mass is 10.0. The normalized spacial score (nSPS) is 15.1. The Morgan fingerprint density at radius 1 is 0.893 bits per heavy atom. The van der Waals surface area contributed by atoms with E-state index in [0.29, 0.717) is 18.7 Å². The first kappa shape index (κ1) is 19.1. The lowest BCUT2D eigenvalue weighted by molar-refractivity contribution is 0.391. The summed E-state index contributed by atoms with van der Waals surface area (Å²) in [5, 5.41) is 1.70.